The van der Waals surface area contributed by atoms with Gasteiger partial charge < -0.3 is 38.2 Å². The Labute approximate surface area is 347 Å². The van der Waals surface area contributed by atoms with E-state index in [4.69, 9.17) is 33.5 Å². The summed E-state index contributed by atoms with van der Waals surface area (Å²) in [6.07, 6.45) is 0. The Balaban J connectivity index is 0.000000170. The van der Waals surface area contributed by atoms with E-state index >= 15 is 0 Å². The van der Waals surface area contributed by atoms with Crippen LogP contribution in [0.25, 0.3) is 11.3 Å². The maximum absolute atomic E-state index is 12.0. The number of carbonyl (C=O) groups is 2. The van der Waals surface area contributed by atoms with Gasteiger partial charge in [0.25, 0.3) is 0 Å². The standard InChI is InChI=1S/C18H19N3O3.C15H21BO4.C8H8IN3O/c1-10-5-11(2)13(16(22)23-4)6-12(10)15-14(7-19)20-17(21-15)18(3)8-24-9-18;1-10-7-8-11(13(17)18-6)9-12(10)16-19-14(2,3)15(4,5)20-16;1-8(3-13-4-8)7-11-5(2-10)6(9)12-7/h5-6H,8-9H2,1-4H3,(H,20,21);7-9H,1-6H3;3-4H2,1H3,(H,11,12). The Hall–Kier alpha value is -4.59. The molecule has 3 fully saturated rings. The smallest absolute Gasteiger partial charge is 0.465 e. The zero-order valence-corrected chi connectivity index (χ0v) is 36.4. The van der Waals surface area contributed by atoms with Crippen molar-refractivity contribution in [2.45, 2.75) is 84.3 Å². The van der Waals surface area contributed by atoms with Crippen molar-refractivity contribution in [2.24, 2.45) is 0 Å². The molecule has 16 heteroatoms. The predicted molar refractivity (Wildman–Crippen MR) is 220 cm³/mol. The number of methoxy groups -OCH3 is 2. The lowest BCUT2D eigenvalue weighted by Gasteiger charge is -2.36. The molecule has 2 aromatic carbocycles. The molecule has 0 aliphatic carbocycles. The minimum absolute atomic E-state index is 0.0188. The Morgan fingerprint density at radius 3 is 1.75 bits per heavy atom. The molecule has 300 valence electrons. The van der Waals surface area contributed by atoms with E-state index < -0.39 is 24.3 Å². The lowest BCUT2D eigenvalue weighted by molar-refractivity contribution is -0.0540. The van der Waals surface area contributed by atoms with Gasteiger partial charge in [-0.05, 0) is 120 Å². The number of benzene rings is 2. The van der Waals surface area contributed by atoms with E-state index in [2.05, 4.69) is 55.5 Å². The van der Waals surface area contributed by atoms with Crippen molar-refractivity contribution in [2.75, 3.05) is 40.6 Å². The molecule has 0 bridgehead atoms. The first kappa shape index (κ1) is 43.5. The topological polar surface area (TPSA) is 194 Å². The molecule has 0 spiro atoms. The molecular formula is C41H48BIN6O8. The minimum atomic E-state index is -0.468. The molecule has 2 N–H and O–H groups in total. The molecule has 4 aromatic rings. The highest BCUT2D eigenvalue weighted by atomic mass is 127. The number of aromatic nitrogens is 4. The lowest BCUT2D eigenvalue weighted by atomic mass is 9.75. The average Bonchev–Trinajstić information content (AvgIpc) is 3.81. The van der Waals surface area contributed by atoms with E-state index in [9.17, 15) is 14.9 Å². The highest BCUT2D eigenvalue weighted by Gasteiger charge is 2.52. The van der Waals surface area contributed by atoms with Gasteiger partial charge in [-0.25, -0.2) is 19.6 Å². The van der Waals surface area contributed by atoms with Gasteiger partial charge in [0, 0.05) is 5.56 Å². The van der Waals surface area contributed by atoms with Gasteiger partial charge in [0.15, 0.2) is 11.4 Å². The van der Waals surface area contributed by atoms with Crippen molar-refractivity contribution >= 4 is 47.1 Å². The summed E-state index contributed by atoms with van der Waals surface area (Å²) in [7, 11) is 2.26. The fourth-order valence-corrected chi connectivity index (χ4v) is 6.79. The van der Waals surface area contributed by atoms with E-state index in [1.165, 1.54) is 14.2 Å². The molecular weight excluding hydrogens is 842 g/mol. The number of nitrogens with one attached hydrogen (secondary N) is 2. The Morgan fingerprint density at radius 1 is 0.754 bits per heavy atom. The molecule has 0 atom stereocenters. The van der Waals surface area contributed by atoms with Crippen LogP contribution in [0.1, 0.15) is 102 Å². The van der Waals surface area contributed by atoms with E-state index in [1.54, 1.807) is 18.2 Å². The number of nitrogens with zero attached hydrogens (tertiary/aromatic N) is 4. The maximum Gasteiger partial charge on any atom is 0.495 e. The van der Waals surface area contributed by atoms with Crippen molar-refractivity contribution < 1.29 is 37.8 Å². The number of hydrogen-bond donors (Lipinski definition) is 2. The number of aryl methyl sites for hydroxylation is 3. The summed E-state index contributed by atoms with van der Waals surface area (Å²) in [5.41, 5.74) is 5.86. The van der Waals surface area contributed by atoms with Gasteiger partial charge in [0.05, 0.1) is 79.5 Å². The summed E-state index contributed by atoms with van der Waals surface area (Å²) >= 11 is 2.08. The highest BCUT2D eigenvalue weighted by Crippen LogP contribution is 2.37. The molecule has 0 saturated carbocycles. The third-order valence-corrected chi connectivity index (χ3v) is 11.6. The minimum Gasteiger partial charge on any atom is -0.465 e. The summed E-state index contributed by atoms with van der Waals surface area (Å²) in [5, 5.41) is 18.2. The number of carbonyl (C=O) groups excluding carboxylic acids is 2. The van der Waals surface area contributed by atoms with Gasteiger partial charge in [-0.3, -0.25) is 0 Å². The summed E-state index contributed by atoms with van der Waals surface area (Å²) in [5.74, 6) is 0.841. The number of aromatic amines is 2. The van der Waals surface area contributed by atoms with Crippen LogP contribution in [0.3, 0.4) is 0 Å². The van der Waals surface area contributed by atoms with Crippen LogP contribution in [-0.2, 0) is 39.1 Å². The molecule has 3 aliphatic heterocycles. The zero-order chi connectivity index (χ0) is 42.1. The number of ether oxygens (including phenoxy) is 4. The fourth-order valence-electron chi connectivity index (χ4n) is 6.30. The Morgan fingerprint density at radius 2 is 1.28 bits per heavy atom. The third-order valence-electron chi connectivity index (χ3n) is 10.9. The van der Waals surface area contributed by atoms with Crippen molar-refractivity contribution in [3.05, 3.63) is 84.9 Å². The molecule has 5 heterocycles. The molecule has 0 amide bonds. The number of imidazole rings is 2. The monoisotopic (exact) mass is 890 g/mol. The molecule has 57 heavy (non-hydrogen) atoms. The predicted octanol–water partition coefficient (Wildman–Crippen LogP) is 5.89. The fraction of sp³-hybridized carbons (Fsp3) is 0.463. The first-order valence-electron chi connectivity index (χ1n) is 18.3. The number of rotatable bonds is 6. The van der Waals surface area contributed by atoms with E-state index in [1.807, 2.05) is 73.6 Å². The normalized spacial score (nSPS) is 17.9. The molecule has 3 aliphatic rings. The van der Waals surface area contributed by atoms with Crippen LogP contribution in [0.2, 0.25) is 0 Å². The molecule has 0 unspecified atom stereocenters. The average molecular weight is 891 g/mol. The molecule has 7 rings (SSSR count). The van der Waals surface area contributed by atoms with Crippen LogP contribution < -0.4 is 5.46 Å². The van der Waals surface area contributed by atoms with Crippen LogP contribution in [0.4, 0.5) is 0 Å². The second-order valence-electron chi connectivity index (χ2n) is 16.0. The summed E-state index contributed by atoms with van der Waals surface area (Å²) < 4.78 is 32.9. The van der Waals surface area contributed by atoms with Crippen molar-refractivity contribution in [1.82, 2.24) is 19.9 Å². The van der Waals surface area contributed by atoms with E-state index in [0.717, 1.165) is 43.1 Å². The van der Waals surface area contributed by atoms with Gasteiger partial charge in [0.1, 0.15) is 27.5 Å². The second-order valence-corrected chi connectivity index (χ2v) is 17.1. The Bertz CT molecular complexity index is 2240. The van der Waals surface area contributed by atoms with E-state index in [-0.39, 0.29) is 16.8 Å². The van der Waals surface area contributed by atoms with Crippen LogP contribution in [0.15, 0.2) is 30.3 Å². The number of halogens is 1. The van der Waals surface area contributed by atoms with Crippen LogP contribution >= 0.6 is 22.6 Å². The number of nitriles is 2. The van der Waals surface area contributed by atoms with Gasteiger partial charge in [-0.2, -0.15) is 10.5 Å². The lowest BCUT2D eigenvalue weighted by Crippen LogP contribution is -2.44. The largest absolute Gasteiger partial charge is 0.495 e. The number of esters is 2. The van der Waals surface area contributed by atoms with Gasteiger partial charge in [-0.15, -0.1) is 0 Å². The quantitative estimate of drug-likeness (QED) is 0.133. The summed E-state index contributed by atoms with van der Waals surface area (Å²) in [6.45, 7) is 20.4. The molecule has 14 nitrogen and oxygen atoms in total. The van der Waals surface area contributed by atoms with Crippen LogP contribution in [0, 0.1) is 47.1 Å². The van der Waals surface area contributed by atoms with Gasteiger partial charge in [0.2, 0.25) is 0 Å². The zero-order valence-electron chi connectivity index (χ0n) is 34.2. The first-order chi connectivity index (χ1) is 26.7. The second kappa shape index (κ2) is 16.7. The summed E-state index contributed by atoms with van der Waals surface area (Å²) in [4.78, 5) is 38.7. The maximum atomic E-state index is 12.0. The molecule has 0 radical (unpaired) electrons. The van der Waals surface area contributed by atoms with Gasteiger partial charge >= 0.3 is 19.1 Å². The summed E-state index contributed by atoms with van der Waals surface area (Å²) in [6, 6.07) is 13.3. The van der Waals surface area contributed by atoms with Crippen molar-refractivity contribution in [3.63, 3.8) is 0 Å². The third kappa shape index (κ3) is 8.80. The SMILES string of the molecule is CC1(c2nc(C#N)c(I)[nH]2)COC1.COC(=O)c1cc(-c2[nH]c(C3(C)COC3)nc2C#N)c(C)cc1C.COC(=O)c1ccc(C)c(B2OC(C)(C)C(C)(C)O2)c1. The highest BCUT2D eigenvalue weighted by molar-refractivity contribution is 14.1. The van der Waals surface area contributed by atoms with Crippen molar-refractivity contribution in [1.29, 1.82) is 10.5 Å². The number of hydrogen-bond acceptors (Lipinski definition) is 12. The van der Waals surface area contributed by atoms with Crippen LogP contribution in [-0.4, -0.2) is 90.8 Å². The van der Waals surface area contributed by atoms with Gasteiger partial charge in [-0.1, -0.05) is 17.7 Å². The van der Waals surface area contributed by atoms with Crippen molar-refractivity contribution in [3.8, 4) is 23.4 Å². The Kier molecular flexibility index (Phi) is 12.8. The van der Waals surface area contributed by atoms with E-state index in [0.29, 0.717) is 54.6 Å². The molecule has 2 aromatic heterocycles. The van der Waals surface area contributed by atoms with Crippen LogP contribution in [0.5, 0.6) is 0 Å². The number of H-pyrrole nitrogens is 2. The molecule has 3 saturated heterocycles. The first-order valence-corrected chi connectivity index (χ1v) is 19.4.